The third kappa shape index (κ3) is 2.61. The molecular formula is C15H13F3N2. The number of alkyl halides is 3. The van der Waals surface area contributed by atoms with E-state index in [4.69, 9.17) is 0 Å². The molecule has 0 fully saturated rings. The molecule has 3 rings (SSSR count). The van der Waals surface area contributed by atoms with Crippen LogP contribution < -0.4 is 0 Å². The number of nitrogens with zero attached hydrogens (tertiary/aromatic N) is 2. The summed E-state index contributed by atoms with van der Waals surface area (Å²) in [6.45, 7) is 0.494. The normalized spacial score (nSPS) is 21.6. The summed E-state index contributed by atoms with van der Waals surface area (Å²) in [6.07, 6.45) is 0.0985. The summed E-state index contributed by atoms with van der Waals surface area (Å²) in [4.78, 5) is 6.05. The van der Waals surface area contributed by atoms with Gasteiger partial charge < -0.3 is 4.90 Å². The number of fused-ring (bicyclic) bond motifs is 1. The lowest BCUT2D eigenvalue weighted by Gasteiger charge is -2.20. The van der Waals surface area contributed by atoms with Crippen LogP contribution in [0.15, 0.2) is 59.2 Å². The van der Waals surface area contributed by atoms with Crippen molar-refractivity contribution in [2.45, 2.75) is 18.6 Å². The molecule has 2 heterocycles. The summed E-state index contributed by atoms with van der Waals surface area (Å²) in [5, 5.41) is 0. The number of allylic oxidation sites excluding steroid dienone is 2. The largest absolute Gasteiger partial charge is 0.417 e. The minimum Gasteiger partial charge on any atom is -0.331 e. The topological polar surface area (TPSA) is 15.6 Å². The number of halogens is 3. The Morgan fingerprint density at radius 2 is 1.90 bits per heavy atom. The summed E-state index contributed by atoms with van der Waals surface area (Å²) in [7, 11) is 0. The first-order valence-corrected chi connectivity index (χ1v) is 6.38. The first-order valence-electron chi connectivity index (χ1n) is 6.38. The minimum absolute atomic E-state index is 0.000818. The lowest BCUT2D eigenvalue weighted by atomic mass is 10.1. The fourth-order valence-corrected chi connectivity index (χ4v) is 2.42. The maximum atomic E-state index is 12.7. The van der Waals surface area contributed by atoms with Gasteiger partial charge in [0.05, 0.1) is 11.6 Å². The van der Waals surface area contributed by atoms with E-state index in [0.29, 0.717) is 12.4 Å². The van der Waals surface area contributed by atoms with Crippen molar-refractivity contribution in [1.82, 2.24) is 4.90 Å². The molecular weight excluding hydrogens is 265 g/mol. The summed E-state index contributed by atoms with van der Waals surface area (Å²) < 4.78 is 38.0. The summed E-state index contributed by atoms with van der Waals surface area (Å²) in [5.74, 6) is 0.610. The maximum Gasteiger partial charge on any atom is 0.417 e. The van der Waals surface area contributed by atoms with Gasteiger partial charge in [0.15, 0.2) is 0 Å². The van der Waals surface area contributed by atoms with Gasteiger partial charge in [0.1, 0.15) is 5.84 Å². The molecule has 0 aromatic heterocycles. The fraction of sp³-hybridized carbons (Fsp3) is 0.267. The van der Waals surface area contributed by atoms with Gasteiger partial charge in [-0.15, -0.1) is 0 Å². The molecule has 0 radical (unpaired) electrons. The van der Waals surface area contributed by atoms with Crippen LogP contribution in [0.4, 0.5) is 13.2 Å². The quantitative estimate of drug-likeness (QED) is 0.810. The monoisotopic (exact) mass is 278 g/mol. The lowest BCUT2D eigenvalue weighted by Crippen LogP contribution is -2.28. The van der Waals surface area contributed by atoms with Crippen molar-refractivity contribution >= 4 is 5.84 Å². The maximum absolute atomic E-state index is 12.7. The van der Waals surface area contributed by atoms with Gasteiger partial charge in [-0.05, 0) is 24.1 Å². The van der Waals surface area contributed by atoms with E-state index in [-0.39, 0.29) is 6.04 Å². The van der Waals surface area contributed by atoms with Crippen molar-refractivity contribution in [1.29, 1.82) is 0 Å². The van der Waals surface area contributed by atoms with Gasteiger partial charge in [-0.1, -0.05) is 30.3 Å². The molecule has 5 heteroatoms. The molecule has 20 heavy (non-hydrogen) atoms. The summed E-state index contributed by atoms with van der Waals surface area (Å²) in [5.41, 5.74) is 0.516. The number of benzene rings is 1. The molecule has 0 unspecified atom stereocenters. The van der Waals surface area contributed by atoms with Gasteiger partial charge in [-0.2, -0.15) is 13.2 Å². The predicted molar refractivity (Wildman–Crippen MR) is 71.4 cm³/mol. The SMILES string of the molecule is FC(F)(F)C1=CN2C[C@@H](Cc3ccccc3)N=C2C=C1. The van der Waals surface area contributed by atoms with Crippen molar-refractivity contribution in [3.05, 3.63) is 59.8 Å². The van der Waals surface area contributed by atoms with Gasteiger partial charge in [-0.25, -0.2) is 0 Å². The predicted octanol–water partition coefficient (Wildman–Crippen LogP) is 3.33. The second-order valence-corrected chi connectivity index (χ2v) is 4.90. The average Bonchev–Trinajstić information content (AvgIpc) is 2.80. The average molecular weight is 278 g/mol. The fourth-order valence-electron chi connectivity index (χ4n) is 2.42. The van der Waals surface area contributed by atoms with Crippen LogP contribution in [0.5, 0.6) is 0 Å². The Kier molecular flexibility index (Phi) is 3.12. The molecule has 1 aromatic rings. The first kappa shape index (κ1) is 13.0. The van der Waals surface area contributed by atoms with Crippen molar-refractivity contribution < 1.29 is 13.2 Å². The zero-order valence-electron chi connectivity index (χ0n) is 10.6. The highest BCUT2D eigenvalue weighted by Crippen LogP contribution is 2.30. The molecule has 2 aliphatic rings. The Morgan fingerprint density at radius 3 is 2.60 bits per heavy atom. The molecule has 0 saturated heterocycles. The molecule has 0 bridgehead atoms. The van der Waals surface area contributed by atoms with Crippen molar-refractivity contribution in [3.8, 4) is 0 Å². The third-order valence-electron chi connectivity index (χ3n) is 3.36. The van der Waals surface area contributed by atoms with Crippen LogP contribution in [0.1, 0.15) is 5.56 Å². The minimum atomic E-state index is -4.31. The number of hydrogen-bond acceptors (Lipinski definition) is 2. The molecule has 104 valence electrons. The van der Waals surface area contributed by atoms with E-state index in [0.717, 1.165) is 24.3 Å². The van der Waals surface area contributed by atoms with Crippen LogP contribution >= 0.6 is 0 Å². The van der Waals surface area contributed by atoms with Crippen molar-refractivity contribution in [2.24, 2.45) is 4.99 Å². The van der Waals surface area contributed by atoms with Gasteiger partial charge in [0, 0.05) is 12.7 Å². The van der Waals surface area contributed by atoms with E-state index in [1.54, 1.807) is 4.90 Å². The van der Waals surface area contributed by atoms with E-state index in [1.165, 1.54) is 6.08 Å². The number of amidine groups is 1. The van der Waals surface area contributed by atoms with Crippen LogP contribution in [0.2, 0.25) is 0 Å². The second kappa shape index (κ2) is 4.81. The second-order valence-electron chi connectivity index (χ2n) is 4.90. The molecule has 1 atom stereocenters. The smallest absolute Gasteiger partial charge is 0.331 e. The Hall–Kier alpha value is -2.04. The summed E-state index contributed by atoms with van der Waals surface area (Å²) in [6, 6.07) is 9.85. The summed E-state index contributed by atoms with van der Waals surface area (Å²) >= 11 is 0. The Bertz CT molecular complexity index is 585. The van der Waals surface area contributed by atoms with E-state index < -0.39 is 11.7 Å². The van der Waals surface area contributed by atoms with Crippen LogP contribution in [0, 0.1) is 0 Å². The van der Waals surface area contributed by atoms with Gasteiger partial charge >= 0.3 is 6.18 Å². The molecule has 1 aromatic carbocycles. The molecule has 0 spiro atoms. The lowest BCUT2D eigenvalue weighted by molar-refractivity contribution is -0.0890. The molecule has 0 amide bonds. The van der Waals surface area contributed by atoms with Crippen molar-refractivity contribution in [2.75, 3.05) is 6.54 Å². The standard InChI is InChI=1S/C15H13F3N2/c16-15(17,18)12-6-7-14-19-13(10-20(14)9-12)8-11-4-2-1-3-5-11/h1-7,9,13H,8,10H2/t13-/m1/s1. The van der Waals surface area contributed by atoms with Gasteiger partial charge in [-0.3, -0.25) is 4.99 Å². The van der Waals surface area contributed by atoms with Crippen LogP contribution in [-0.2, 0) is 6.42 Å². The van der Waals surface area contributed by atoms with E-state index in [1.807, 2.05) is 30.3 Å². The highest BCUT2D eigenvalue weighted by molar-refractivity contribution is 5.96. The van der Waals surface area contributed by atoms with Crippen LogP contribution in [0.3, 0.4) is 0 Å². The van der Waals surface area contributed by atoms with Crippen LogP contribution in [0.25, 0.3) is 0 Å². The van der Waals surface area contributed by atoms with Crippen molar-refractivity contribution in [3.63, 3.8) is 0 Å². The zero-order chi connectivity index (χ0) is 14.2. The van der Waals surface area contributed by atoms with Crippen LogP contribution in [-0.4, -0.2) is 29.5 Å². The Balaban J connectivity index is 1.73. The Morgan fingerprint density at radius 1 is 1.15 bits per heavy atom. The number of aliphatic imine (C=N–C) groups is 1. The zero-order valence-corrected chi connectivity index (χ0v) is 10.6. The number of hydrogen-bond donors (Lipinski definition) is 0. The van der Waals surface area contributed by atoms with E-state index in [9.17, 15) is 13.2 Å². The first-order chi connectivity index (χ1) is 9.52. The highest BCUT2D eigenvalue weighted by atomic mass is 19.4. The van der Waals surface area contributed by atoms with E-state index in [2.05, 4.69) is 4.99 Å². The van der Waals surface area contributed by atoms with Gasteiger partial charge in [0.25, 0.3) is 0 Å². The van der Waals surface area contributed by atoms with E-state index >= 15 is 0 Å². The van der Waals surface area contributed by atoms with Gasteiger partial charge in [0.2, 0.25) is 0 Å². The molecule has 2 aliphatic heterocycles. The highest BCUT2D eigenvalue weighted by Gasteiger charge is 2.36. The molecule has 0 saturated carbocycles. The molecule has 0 N–H and O–H groups in total. The number of rotatable bonds is 2. The molecule has 2 nitrogen and oxygen atoms in total. The third-order valence-corrected chi connectivity index (χ3v) is 3.36. The molecule has 0 aliphatic carbocycles. The Labute approximate surface area is 114 Å².